The van der Waals surface area contributed by atoms with Gasteiger partial charge in [-0.25, -0.2) is 0 Å². The Morgan fingerprint density at radius 3 is 2.74 bits per heavy atom. The highest BCUT2D eigenvalue weighted by atomic mass is 15.0. The van der Waals surface area contributed by atoms with E-state index in [0.29, 0.717) is 0 Å². The van der Waals surface area contributed by atoms with Crippen molar-refractivity contribution in [1.82, 2.24) is 4.57 Å². The third kappa shape index (κ3) is 2.90. The molecule has 2 heteroatoms. The lowest BCUT2D eigenvalue weighted by Gasteiger charge is -2.20. The van der Waals surface area contributed by atoms with Crippen LogP contribution in [-0.4, -0.2) is 4.57 Å². The van der Waals surface area contributed by atoms with Gasteiger partial charge in [0.1, 0.15) is 0 Å². The zero-order valence-electron chi connectivity index (χ0n) is 16.1. The minimum absolute atomic E-state index is 0.760. The topological polar surface area (TPSA) is 17.0 Å². The number of aromatic nitrogens is 1. The Morgan fingerprint density at radius 2 is 1.96 bits per heavy atom. The van der Waals surface area contributed by atoms with Gasteiger partial charge in [0.25, 0.3) is 0 Å². The highest BCUT2D eigenvalue weighted by Crippen LogP contribution is 2.46. The van der Waals surface area contributed by atoms with Crippen LogP contribution in [0.15, 0.2) is 60.3 Å². The molecule has 1 N–H and O–H groups in total. The molecule has 2 nitrogen and oxygen atoms in total. The molecule has 0 spiro atoms. The summed E-state index contributed by atoms with van der Waals surface area (Å²) in [5.74, 6) is 1.56. The van der Waals surface area contributed by atoms with Crippen LogP contribution in [0.1, 0.15) is 42.3 Å². The van der Waals surface area contributed by atoms with Crippen LogP contribution in [0.25, 0.3) is 17.8 Å². The third-order valence-corrected chi connectivity index (χ3v) is 6.01. The summed E-state index contributed by atoms with van der Waals surface area (Å²) in [5, 5.41) is 3.61. The number of anilines is 1. The lowest BCUT2D eigenvalue weighted by atomic mass is 9.98. The second-order valence-corrected chi connectivity index (χ2v) is 7.88. The van der Waals surface area contributed by atoms with Crippen LogP contribution in [0.4, 0.5) is 5.69 Å². The van der Waals surface area contributed by atoms with Gasteiger partial charge in [0.05, 0.1) is 0 Å². The van der Waals surface area contributed by atoms with Crippen LogP contribution < -0.4 is 5.32 Å². The standard InChI is InChI=1S/C25H26N2/c1-3-7-24-17(2)23-16-21(26-20-8-5-4-6-9-20)11-13-25(23)27(24)22-12-10-18-14-19(18)15-22/h3-10,12,15-16,18-19,26H,11,13-14H2,1-2H3/b7-3-. The molecular weight excluding hydrogens is 328 g/mol. The summed E-state index contributed by atoms with van der Waals surface area (Å²) in [6.07, 6.45) is 17.4. The zero-order valence-corrected chi connectivity index (χ0v) is 16.1. The second kappa shape index (κ2) is 6.45. The number of hydrogen-bond acceptors (Lipinski definition) is 1. The summed E-state index contributed by atoms with van der Waals surface area (Å²) in [6.45, 7) is 4.37. The molecule has 2 atom stereocenters. The highest BCUT2D eigenvalue weighted by molar-refractivity contribution is 5.76. The minimum atomic E-state index is 0.760. The Kier molecular flexibility index (Phi) is 3.93. The predicted molar refractivity (Wildman–Crippen MR) is 115 cm³/mol. The van der Waals surface area contributed by atoms with Gasteiger partial charge in [-0.3, -0.25) is 0 Å². The molecular formula is C25H26N2. The Labute approximate surface area is 161 Å². The van der Waals surface area contributed by atoms with E-state index in [4.69, 9.17) is 0 Å². The van der Waals surface area contributed by atoms with E-state index in [0.717, 1.165) is 30.4 Å². The molecule has 0 amide bonds. The lowest BCUT2D eigenvalue weighted by Crippen LogP contribution is -2.11. The fourth-order valence-electron chi connectivity index (χ4n) is 4.48. The smallest absolute Gasteiger partial charge is 0.0491 e. The summed E-state index contributed by atoms with van der Waals surface area (Å²) in [4.78, 5) is 0. The number of nitrogens with one attached hydrogen (secondary N) is 1. The van der Waals surface area contributed by atoms with E-state index >= 15 is 0 Å². The van der Waals surface area contributed by atoms with Crippen LogP contribution in [-0.2, 0) is 6.42 Å². The van der Waals surface area contributed by atoms with Crippen LogP contribution in [0, 0.1) is 18.8 Å². The Bertz CT molecular complexity index is 999. The first-order valence-corrected chi connectivity index (χ1v) is 10.0. The molecule has 27 heavy (non-hydrogen) atoms. The molecule has 0 aliphatic heterocycles. The van der Waals surface area contributed by atoms with E-state index in [1.54, 1.807) is 0 Å². The summed E-state index contributed by atoms with van der Waals surface area (Å²) < 4.78 is 2.51. The van der Waals surface area contributed by atoms with Crippen molar-refractivity contribution >= 4 is 23.5 Å². The SMILES string of the molecule is C/C=C\c1c(C)c2c(n1C1=CC3CC3C=C1)CCC(Nc1ccccc1)=C2. The Morgan fingerprint density at radius 1 is 1.11 bits per heavy atom. The van der Waals surface area contributed by atoms with Gasteiger partial charge in [0.15, 0.2) is 0 Å². The maximum atomic E-state index is 3.61. The first kappa shape index (κ1) is 16.4. The minimum Gasteiger partial charge on any atom is -0.359 e. The molecule has 136 valence electrons. The van der Waals surface area contributed by atoms with Crippen molar-refractivity contribution in [2.75, 3.05) is 5.32 Å². The monoisotopic (exact) mass is 354 g/mol. The van der Waals surface area contributed by atoms with Crippen LogP contribution in [0.3, 0.4) is 0 Å². The summed E-state index contributed by atoms with van der Waals surface area (Å²) in [7, 11) is 0. The number of nitrogens with zero attached hydrogens (tertiary/aromatic N) is 1. The molecule has 1 saturated carbocycles. The van der Waals surface area contributed by atoms with Crippen molar-refractivity contribution in [2.45, 2.75) is 33.1 Å². The van der Waals surface area contributed by atoms with Crippen LogP contribution in [0.2, 0.25) is 0 Å². The van der Waals surface area contributed by atoms with E-state index in [-0.39, 0.29) is 0 Å². The maximum absolute atomic E-state index is 3.61. The molecule has 1 aromatic carbocycles. The molecule has 5 rings (SSSR count). The molecule has 1 fully saturated rings. The van der Waals surface area contributed by atoms with Gasteiger partial charge >= 0.3 is 0 Å². The molecule has 0 saturated heterocycles. The number of benzene rings is 1. The number of para-hydroxylation sites is 1. The number of rotatable bonds is 4. The summed E-state index contributed by atoms with van der Waals surface area (Å²) >= 11 is 0. The van der Waals surface area contributed by atoms with Crippen molar-refractivity contribution in [3.05, 3.63) is 82.8 Å². The van der Waals surface area contributed by atoms with Gasteiger partial charge in [0, 0.05) is 34.0 Å². The van der Waals surface area contributed by atoms with Crippen LogP contribution in [0.5, 0.6) is 0 Å². The second-order valence-electron chi connectivity index (χ2n) is 7.88. The van der Waals surface area contributed by atoms with Crippen LogP contribution >= 0.6 is 0 Å². The van der Waals surface area contributed by atoms with E-state index in [9.17, 15) is 0 Å². The summed E-state index contributed by atoms with van der Waals surface area (Å²) in [5.41, 5.74) is 9.37. The molecule has 2 unspecified atom stereocenters. The predicted octanol–water partition coefficient (Wildman–Crippen LogP) is 6.28. The number of fused-ring (bicyclic) bond motifs is 2. The van der Waals surface area contributed by atoms with Gasteiger partial charge in [-0.2, -0.15) is 0 Å². The average molecular weight is 354 g/mol. The van der Waals surface area contributed by atoms with Crippen molar-refractivity contribution in [2.24, 2.45) is 11.8 Å². The van der Waals surface area contributed by atoms with E-state index in [1.807, 2.05) is 0 Å². The van der Waals surface area contributed by atoms with E-state index in [2.05, 4.69) is 90.5 Å². The average Bonchev–Trinajstić information content (AvgIpc) is 3.42. The molecule has 1 heterocycles. The lowest BCUT2D eigenvalue weighted by molar-refractivity contribution is 0.847. The molecule has 0 bridgehead atoms. The fraction of sp³-hybridized carbons (Fsp3) is 0.280. The zero-order chi connectivity index (χ0) is 18.4. The van der Waals surface area contributed by atoms with E-state index < -0.39 is 0 Å². The van der Waals surface area contributed by atoms with Crippen molar-refractivity contribution < 1.29 is 0 Å². The molecule has 2 aromatic rings. The first-order chi connectivity index (χ1) is 13.2. The van der Waals surface area contributed by atoms with Crippen molar-refractivity contribution in [1.29, 1.82) is 0 Å². The summed E-state index contributed by atoms with van der Waals surface area (Å²) in [6, 6.07) is 10.5. The molecule has 0 radical (unpaired) electrons. The van der Waals surface area contributed by atoms with Gasteiger partial charge in [-0.1, -0.05) is 36.4 Å². The fourth-order valence-corrected chi connectivity index (χ4v) is 4.48. The van der Waals surface area contributed by atoms with Gasteiger partial charge in [0.2, 0.25) is 0 Å². The maximum Gasteiger partial charge on any atom is 0.0491 e. The normalized spacial score (nSPS) is 22.9. The van der Waals surface area contributed by atoms with Crippen molar-refractivity contribution in [3.8, 4) is 0 Å². The van der Waals surface area contributed by atoms with Gasteiger partial charge in [-0.15, -0.1) is 0 Å². The Balaban J connectivity index is 1.57. The largest absolute Gasteiger partial charge is 0.359 e. The molecule has 3 aliphatic rings. The molecule has 1 aromatic heterocycles. The van der Waals surface area contributed by atoms with Crippen molar-refractivity contribution in [3.63, 3.8) is 0 Å². The molecule has 3 aliphatic carbocycles. The Hall–Kier alpha value is -2.74. The van der Waals surface area contributed by atoms with Gasteiger partial charge in [-0.05, 0) is 80.9 Å². The third-order valence-electron chi connectivity index (χ3n) is 6.01. The number of allylic oxidation sites excluding steroid dienone is 6. The van der Waals surface area contributed by atoms with Gasteiger partial charge < -0.3 is 9.88 Å². The quantitative estimate of drug-likeness (QED) is 0.684. The highest BCUT2D eigenvalue weighted by Gasteiger charge is 2.36. The van der Waals surface area contributed by atoms with E-state index in [1.165, 1.54) is 40.3 Å². The first-order valence-electron chi connectivity index (χ1n) is 10.0. The number of hydrogen-bond donors (Lipinski definition) is 1.